The van der Waals surface area contributed by atoms with Crippen LogP contribution < -0.4 is 10.5 Å². The van der Waals surface area contributed by atoms with Gasteiger partial charge in [0.1, 0.15) is 12.4 Å². The number of hydrogen-bond acceptors (Lipinski definition) is 5. The third kappa shape index (κ3) is 3.62. The topological polar surface area (TPSA) is 71.5 Å². The minimum Gasteiger partial charge on any atom is -0.492 e. The van der Waals surface area contributed by atoms with Crippen molar-refractivity contribution >= 4 is 5.69 Å². The Hall–Kier alpha value is -1.77. The van der Waals surface area contributed by atoms with Crippen LogP contribution in [-0.2, 0) is 4.74 Å². The zero-order chi connectivity index (χ0) is 12.8. The maximum atomic E-state index is 8.80. The molecular formula is C13H17N3O2. The van der Waals surface area contributed by atoms with Crippen LogP contribution in [0.3, 0.4) is 0 Å². The van der Waals surface area contributed by atoms with Gasteiger partial charge in [0.15, 0.2) is 6.10 Å². The monoisotopic (exact) mass is 247 g/mol. The Bertz CT molecular complexity index is 430. The normalized spacial score (nSPS) is 20.3. The maximum absolute atomic E-state index is 8.80. The first-order chi connectivity index (χ1) is 8.78. The number of nitriles is 1. The zero-order valence-electron chi connectivity index (χ0n) is 10.2. The van der Waals surface area contributed by atoms with Crippen molar-refractivity contribution in [1.29, 1.82) is 5.26 Å². The van der Waals surface area contributed by atoms with Crippen LogP contribution in [0.15, 0.2) is 24.3 Å². The Kier molecular flexibility index (Phi) is 4.40. The summed E-state index contributed by atoms with van der Waals surface area (Å²) in [5, 5.41) is 8.80. The van der Waals surface area contributed by atoms with E-state index in [1.54, 1.807) is 6.07 Å². The summed E-state index contributed by atoms with van der Waals surface area (Å²) in [6.45, 7) is 3.48. The minimum atomic E-state index is -0.314. The van der Waals surface area contributed by atoms with E-state index in [2.05, 4.69) is 11.0 Å². The third-order valence-corrected chi connectivity index (χ3v) is 2.83. The van der Waals surface area contributed by atoms with E-state index in [4.69, 9.17) is 20.5 Å². The number of nitrogens with two attached hydrogens (primary N) is 1. The van der Waals surface area contributed by atoms with Gasteiger partial charge in [-0.3, -0.25) is 4.90 Å². The van der Waals surface area contributed by atoms with Crippen molar-refractivity contribution in [2.24, 2.45) is 0 Å². The molecule has 0 aromatic heterocycles. The molecule has 2 rings (SSSR count). The summed E-state index contributed by atoms with van der Waals surface area (Å²) in [5.41, 5.74) is 6.36. The molecule has 1 aromatic rings. The Morgan fingerprint density at radius 1 is 1.56 bits per heavy atom. The van der Waals surface area contributed by atoms with Crippen molar-refractivity contribution in [3.05, 3.63) is 24.3 Å². The van der Waals surface area contributed by atoms with Crippen molar-refractivity contribution in [2.45, 2.75) is 6.10 Å². The number of ether oxygens (including phenoxy) is 2. The second kappa shape index (κ2) is 6.24. The van der Waals surface area contributed by atoms with E-state index in [1.807, 2.05) is 18.2 Å². The van der Waals surface area contributed by atoms with Gasteiger partial charge in [-0.05, 0) is 12.1 Å². The summed E-state index contributed by atoms with van der Waals surface area (Å²) in [4.78, 5) is 2.17. The van der Waals surface area contributed by atoms with E-state index >= 15 is 0 Å². The Morgan fingerprint density at radius 2 is 2.44 bits per heavy atom. The molecule has 1 heterocycles. The van der Waals surface area contributed by atoms with Crippen molar-refractivity contribution in [1.82, 2.24) is 4.90 Å². The van der Waals surface area contributed by atoms with Gasteiger partial charge in [-0.15, -0.1) is 0 Å². The van der Waals surface area contributed by atoms with E-state index in [0.29, 0.717) is 25.4 Å². The van der Waals surface area contributed by atoms with Crippen molar-refractivity contribution in [2.75, 3.05) is 38.6 Å². The van der Waals surface area contributed by atoms with Crippen LogP contribution in [-0.4, -0.2) is 43.9 Å². The molecule has 0 aliphatic carbocycles. The number of benzene rings is 1. The predicted octanol–water partition coefficient (Wildman–Crippen LogP) is 0.872. The van der Waals surface area contributed by atoms with E-state index in [9.17, 15) is 0 Å². The highest BCUT2D eigenvalue weighted by Gasteiger charge is 2.19. The summed E-state index contributed by atoms with van der Waals surface area (Å²) in [7, 11) is 0. The number of morpholine rings is 1. The molecule has 0 bridgehead atoms. The Morgan fingerprint density at radius 3 is 3.22 bits per heavy atom. The first kappa shape index (κ1) is 12.7. The maximum Gasteiger partial charge on any atom is 0.156 e. The summed E-state index contributed by atoms with van der Waals surface area (Å²) < 4.78 is 10.9. The van der Waals surface area contributed by atoms with Crippen molar-refractivity contribution in [3.63, 3.8) is 0 Å². The van der Waals surface area contributed by atoms with E-state index in [0.717, 1.165) is 18.8 Å². The molecule has 1 aromatic carbocycles. The van der Waals surface area contributed by atoms with Crippen LogP contribution in [0.2, 0.25) is 0 Å². The molecule has 5 nitrogen and oxygen atoms in total. The number of nitrogen functional groups attached to an aromatic ring is 1. The molecule has 1 aliphatic rings. The lowest BCUT2D eigenvalue weighted by atomic mass is 10.3. The van der Waals surface area contributed by atoms with Gasteiger partial charge in [0.25, 0.3) is 0 Å². The average molecular weight is 247 g/mol. The standard InChI is InChI=1S/C13H17N3O2/c14-9-13-10-16(5-7-18-13)4-6-17-12-3-1-2-11(15)8-12/h1-3,8,13H,4-7,10,15H2. The quantitative estimate of drug-likeness (QED) is 0.799. The number of hydrogen-bond donors (Lipinski definition) is 1. The highest BCUT2D eigenvalue weighted by atomic mass is 16.5. The van der Waals surface area contributed by atoms with Crippen LogP contribution in [0.5, 0.6) is 5.75 Å². The molecule has 0 saturated carbocycles. The summed E-state index contributed by atoms with van der Waals surface area (Å²) in [5.74, 6) is 0.778. The summed E-state index contributed by atoms with van der Waals surface area (Å²) >= 11 is 0. The second-order valence-electron chi connectivity index (χ2n) is 4.21. The minimum absolute atomic E-state index is 0.314. The number of nitrogens with zero attached hydrogens (tertiary/aromatic N) is 2. The van der Waals surface area contributed by atoms with E-state index < -0.39 is 0 Å². The second-order valence-corrected chi connectivity index (χ2v) is 4.21. The van der Waals surface area contributed by atoms with Gasteiger partial charge in [-0.2, -0.15) is 5.26 Å². The molecule has 1 unspecified atom stereocenters. The zero-order valence-corrected chi connectivity index (χ0v) is 10.2. The van der Waals surface area contributed by atoms with Crippen molar-refractivity contribution < 1.29 is 9.47 Å². The Labute approximate surface area is 107 Å². The molecule has 0 radical (unpaired) electrons. The highest BCUT2D eigenvalue weighted by molar-refractivity contribution is 5.43. The van der Waals surface area contributed by atoms with Gasteiger partial charge in [-0.1, -0.05) is 6.07 Å². The van der Waals surface area contributed by atoms with Crippen LogP contribution in [0.4, 0.5) is 5.69 Å². The largest absolute Gasteiger partial charge is 0.492 e. The number of anilines is 1. The lowest BCUT2D eigenvalue weighted by Crippen LogP contribution is -2.43. The van der Waals surface area contributed by atoms with Crippen LogP contribution in [0.1, 0.15) is 0 Å². The molecule has 5 heteroatoms. The summed E-state index contributed by atoms with van der Waals surface area (Å²) in [6, 6.07) is 9.51. The van der Waals surface area contributed by atoms with Crippen LogP contribution in [0.25, 0.3) is 0 Å². The van der Waals surface area contributed by atoms with Gasteiger partial charge in [0.05, 0.1) is 12.7 Å². The molecule has 1 aliphatic heterocycles. The molecule has 96 valence electrons. The fraction of sp³-hybridized carbons (Fsp3) is 0.462. The van der Waals surface area contributed by atoms with E-state index in [-0.39, 0.29) is 6.10 Å². The van der Waals surface area contributed by atoms with Gasteiger partial charge >= 0.3 is 0 Å². The summed E-state index contributed by atoms with van der Waals surface area (Å²) in [6.07, 6.45) is -0.314. The van der Waals surface area contributed by atoms with Gasteiger partial charge in [0, 0.05) is 31.4 Å². The number of rotatable bonds is 4. The van der Waals surface area contributed by atoms with E-state index in [1.165, 1.54) is 0 Å². The molecule has 18 heavy (non-hydrogen) atoms. The molecule has 0 amide bonds. The molecule has 2 N–H and O–H groups in total. The molecule has 1 atom stereocenters. The molecular weight excluding hydrogens is 230 g/mol. The van der Waals surface area contributed by atoms with Gasteiger partial charge in [0.2, 0.25) is 0 Å². The van der Waals surface area contributed by atoms with Gasteiger partial charge in [-0.25, -0.2) is 0 Å². The SMILES string of the molecule is N#CC1CN(CCOc2cccc(N)c2)CCO1. The lowest BCUT2D eigenvalue weighted by Gasteiger charge is -2.29. The first-order valence-electron chi connectivity index (χ1n) is 6.00. The molecule has 1 saturated heterocycles. The molecule has 1 fully saturated rings. The first-order valence-corrected chi connectivity index (χ1v) is 6.00. The van der Waals surface area contributed by atoms with Gasteiger partial charge < -0.3 is 15.2 Å². The van der Waals surface area contributed by atoms with Crippen LogP contribution >= 0.6 is 0 Å². The Balaban J connectivity index is 1.74. The molecule has 0 spiro atoms. The fourth-order valence-electron chi connectivity index (χ4n) is 1.88. The third-order valence-electron chi connectivity index (χ3n) is 2.83. The average Bonchev–Trinajstić information content (AvgIpc) is 2.39. The fourth-order valence-corrected chi connectivity index (χ4v) is 1.88. The van der Waals surface area contributed by atoms with Crippen molar-refractivity contribution in [3.8, 4) is 11.8 Å². The van der Waals surface area contributed by atoms with Crippen LogP contribution in [0, 0.1) is 11.3 Å². The predicted molar refractivity (Wildman–Crippen MR) is 68.1 cm³/mol. The lowest BCUT2D eigenvalue weighted by molar-refractivity contribution is -0.00334. The highest BCUT2D eigenvalue weighted by Crippen LogP contribution is 2.14. The smallest absolute Gasteiger partial charge is 0.156 e.